The van der Waals surface area contributed by atoms with Gasteiger partial charge in [-0.15, -0.1) is 24.0 Å². The molecule has 0 saturated heterocycles. The van der Waals surface area contributed by atoms with Crippen molar-refractivity contribution in [1.29, 1.82) is 0 Å². The van der Waals surface area contributed by atoms with Crippen LogP contribution in [0.15, 0.2) is 29.3 Å². The van der Waals surface area contributed by atoms with Crippen LogP contribution in [0.2, 0.25) is 0 Å². The molecule has 1 aliphatic heterocycles. The van der Waals surface area contributed by atoms with Crippen LogP contribution in [-0.2, 0) is 0 Å². The van der Waals surface area contributed by atoms with Crippen molar-refractivity contribution in [3.63, 3.8) is 0 Å². The fourth-order valence-corrected chi connectivity index (χ4v) is 1.95. The average molecular weight is 320 g/mol. The zero-order chi connectivity index (χ0) is 9.26. The van der Waals surface area contributed by atoms with E-state index in [1.807, 2.05) is 12.3 Å². The summed E-state index contributed by atoms with van der Waals surface area (Å²) in [6.07, 6.45) is 2.03. The topological polar surface area (TPSA) is 24.4 Å². The first-order valence-electron chi connectivity index (χ1n) is 4.29. The fraction of sp³-hybridized carbons (Fsp3) is 0.300. The molecule has 0 radical (unpaired) electrons. The highest BCUT2D eigenvalue weighted by molar-refractivity contribution is 14.0. The molecule has 14 heavy (non-hydrogen) atoms. The fourth-order valence-electron chi connectivity index (χ4n) is 1.46. The van der Waals surface area contributed by atoms with Crippen molar-refractivity contribution in [2.24, 2.45) is 4.99 Å². The molecule has 0 saturated carbocycles. The van der Waals surface area contributed by atoms with Crippen LogP contribution in [0.25, 0.3) is 0 Å². The van der Waals surface area contributed by atoms with Crippen molar-refractivity contribution in [1.82, 2.24) is 5.32 Å². The molecule has 0 fully saturated rings. The van der Waals surface area contributed by atoms with Crippen molar-refractivity contribution in [3.8, 4) is 0 Å². The monoisotopic (exact) mass is 320 g/mol. The molecule has 0 aliphatic carbocycles. The van der Waals surface area contributed by atoms with E-state index >= 15 is 0 Å². The predicted molar refractivity (Wildman–Crippen MR) is 74.0 cm³/mol. The molecular weight excluding hydrogens is 307 g/mol. The van der Waals surface area contributed by atoms with Crippen LogP contribution in [-0.4, -0.2) is 11.4 Å². The van der Waals surface area contributed by atoms with Crippen molar-refractivity contribution < 1.29 is 0 Å². The molecule has 1 aliphatic rings. The third kappa shape index (κ3) is 2.23. The van der Waals surface area contributed by atoms with E-state index in [4.69, 9.17) is 0 Å². The standard InChI is InChI=1S/C10H12N2S.HI/c1-7-8-5-3-4-6-9(8)12-10(11-7)13-2;/h3-7H,1-2H3,(H,11,12);1H. The third-order valence-electron chi connectivity index (χ3n) is 2.16. The van der Waals surface area contributed by atoms with Gasteiger partial charge in [-0.25, -0.2) is 4.99 Å². The zero-order valence-corrected chi connectivity index (χ0v) is 11.3. The minimum atomic E-state index is 0. The summed E-state index contributed by atoms with van der Waals surface area (Å²) < 4.78 is 0. The molecule has 2 nitrogen and oxygen atoms in total. The number of benzene rings is 1. The van der Waals surface area contributed by atoms with Gasteiger partial charge in [0.05, 0.1) is 11.7 Å². The molecule has 0 spiro atoms. The van der Waals surface area contributed by atoms with Gasteiger partial charge in [-0.1, -0.05) is 30.0 Å². The van der Waals surface area contributed by atoms with Crippen LogP contribution in [0.1, 0.15) is 18.5 Å². The summed E-state index contributed by atoms with van der Waals surface area (Å²) in [6.45, 7) is 2.16. The Balaban J connectivity index is 0.000000980. The van der Waals surface area contributed by atoms with Crippen molar-refractivity contribution in [3.05, 3.63) is 29.8 Å². The predicted octanol–water partition coefficient (Wildman–Crippen LogP) is 3.32. The maximum atomic E-state index is 4.48. The first kappa shape index (κ1) is 11.8. The van der Waals surface area contributed by atoms with Gasteiger partial charge in [-0.3, -0.25) is 0 Å². The van der Waals surface area contributed by atoms with Crippen LogP contribution in [0.4, 0.5) is 5.69 Å². The van der Waals surface area contributed by atoms with Gasteiger partial charge in [0.1, 0.15) is 0 Å². The number of hydrogen-bond acceptors (Lipinski definition) is 3. The number of thioether (sulfide) groups is 1. The number of amidine groups is 1. The normalized spacial score (nSPS) is 18.7. The SMILES string of the molecule is CSC1=Nc2ccccc2C(C)N1.I. The quantitative estimate of drug-likeness (QED) is 0.742. The first-order chi connectivity index (χ1) is 6.31. The Labute approximate surface area is 106 Å². The van der Waals surface area contributed by atoms with E-state index in [0.29, 0.717) is 6.04 Å². The second-order valence-corrected chi connectivity index (χ2v) is 3.84. The zero-order valence-electron chi connectivity index (χ0n) is 8.15. The van der Waals surface area contributed by atoms with Crippen molar-refractivity contribution in [2.75, 3.05) is 6.26 Å². The molecule has 0 bridgehead atoms. The van der Waals surface area contributed by atoms with Crippen LogP contribution in [0.5, 0.6) is 0 Å². The van der Waals surface area contributed by atoms with Crippen molar-refractivity contribution >= 4 is 46.6 Å². The molecule has 1 N–H and O–H groups in total. The molecule has 2 rings (SSSR count). The Morgan fingerprint density at radius 1 is 1.36 bits per heavy atom. The van der Waals surface area contributed by atoms with Gasteiger partial charge < -0.3 is 5.32 Å². The second kappa shape index (κ2) is 5.02. The third-order valence-corrected chi connectivity index (χ3v) is 2.75. The highest BCUT2D eigenvalue weighted by Gasteiger charge is 2.16. The van der Waals surface area contributed by atoms with E-state index in [9.17, 15) is 0 Å². The lowest BCUT2D eigenvalue weighted by Gasteiger charge is -2.22. The lowest BCUT2D eigenvalue weighted by molar-refractivity contribution is 0.713. The Bertz CT molecular complexity index is 352. The molecule has 1 aromatic carbocycles. The van der Waals surface area contributed by atoms with Gasteiger partial charge in [0.15, 0.2) is 5.17 Å². The smallest absolute Gasteiger partial charge is 0.161 e. The van der Waals surface area contributed by atoms with Gasteiger partial charge in [-0.2, -0.15) is 0 Å². The highest BCUT2D eigenvalue weighted by Crippen LogP contribution is 2.29. The molecular formula is C10H13IN2S. The molecule has 1 atom stereocenters. The van der Waals surface area contributed by atoms with Gasteiger partial charge in [0.2, 0.25) is 0 Å². The Morgan fingerprint density at radius 3 is 2.79 bits per heavy atom. The van der Waals surface area contributed by atoms with E-state index in [-0.39, 0.29) is 24.0 Å². The Kier molecular flexibility index (Phi) is 4.25. The molecule has 1 aromatic rings. The highest BCUT2D eigenvalue weighted by atomic mass is 127. The lowest BCUT2D eigenvalue weighted by Crippen LogP contribution is -2.26. The van der Waals surface area contributed by atoms with Gasteiger partial charge in [0, 0.05) is 0 Å². The Morgan fingerprint density at radius 2 is 2.07 bits per heavy atom. The van der Waals surface area contributed by atoms with E-state index in [2.05, 4.69) is 35.4 Å². The molecule has 76 valence electrons. The van der Waals surface area contributed by atoms with Gasteiger partial charge >= 0.3 is 0 Å². The average Bonchev–Trinajstić information content (AvgIpc) is 2.18. The number of fused-ring (bicyclic) bond motifs is 1. The lowest BCUT2D eigenvalue weighted by atomic mass is 10.1. The number of rotatable bonds is 0. The van der Waals surface area contributed by atoms with Crippen LogP contribution in [0, 0.1) is 0 Å². The summed E-state index contributed by atoms with van der Waals surface area (Å²) in [4.78, 5) is 4.48. The molecule has 0 amide bonds. The number of hydrogen-bond donors (Lipinski definition) is 1. The van der Waals surface area contributed by atoms with Gasteiger partial charge in [-0.05, 0) is 24.8 Å². The summed E-state index contributed by atoms with van der Waals surface area (Å²) in [5.41, 5.74) is 2.37. The second-order valence-electron chi connectivity index (χ2n) is 3.05. The molecule has 0 aromatic heterocycles. The van der Waals surface area contributed by atoms with Crippen molar-refractivity contribution in [2.45, 2.75) is 13.0 Å². The number of nitrogens with one attached hydrogen (secondary N) is 1. The number of aliphatic imine (C=N–C) groups is 1. The number of halogens is 1. The minimum absolute atomic E-state index is 0. The summed E-state index contributed by atoms with van der Waals surface area (Å²) >= 11 is 1.65. The van der Waals surface area contributed by atoms with Gasteiger partial charge in [0.25, 0.3) is 0 Å². The maximum absolute atomic E-state index is 4.48. The van der Waals surface area contributed by atoms with Crippen LogP contribution >= 0.6 is 35.7 Å². The first-order valence-corrected chi connectivity index (χ1v) is 5.52. The van der Waals surface area contributed by atoms with Crippen LogP contribution in [0.3, 0.4) is 0 Å². The minimum Gasteiger partial charge on any atom is -0.358 e. The molecule has 1 heterocycles. The summed E-state index contributed by atoms with van der Waals surface area (Å²) in [5.74, 6) is 0. The summed E-state index contributed by atoms with van der Waals surface area (Å²) in [5, 5.41) is 4.34. The van der Waals surface area contributed by atoms with E-state index in [1.165, 1.54) is 5.56 Å². The molecule has 1 unspecified atom stereocenters. The number of nitrogens with zero attached hydrogens (tertiary/aromatic N) is 1. The Hall–Kier alpha value is -0.230. The number of para-hydroxylation sites is 1. The van der Waals surface area contributed by atoms with E-state index in [1.54, 1.807) is 11.8 Å². The van der Waals surface area contributed by atoms with E-state index in [0.717, 1.165) is 10.9 Å². The molecule has 4 heteroatoms. The largest absolute Gasteiger partial charge is 0.358 e. The maximum Gasteiger partial charge on any atom is 0.161 e. The van der Waals surface area contributed by atoms with E-state index < -0.39 is 0 Å². The van der Waals surface area contributed by atoms with Crippen LogP contribution < -0.4 is 5.32 Å². The summed E-state index contributed by atoms with van der Waals surface area (Å²) in [7, 11) is 0. The summed E-state index contributed by atoms with van der Waals surface area (Å²) in [6, 6.07) is 8.63.